The number of rotatable bonds is 5. The summed E-state index contributed by atoms with van der Waals surface area (Å²) in [6.07, 6.45) is 5.23. The lowest BCUT2D eigenvalue weighted by Crippen LogP contribution is -2.37. The van der Waals surface area contributed by atoms with Crippen LogP contribution in [0.15, 0.2) is 33.6 Å². The molecular weight excluding hydrogens is 306 g/mol. The largest absolute Gasteiger partial charge is 0.395 e. The molecule has 0 amide bonds. The molecule has 2 N–H and O–H groups in total. The normalized spacial score (nSPS) is 13.0. The van der Waals surface area contributed by atoms with Crippen molar-refractivity contribution in [3.05, 3.63) is 28.7 Å². The summed E-state index contributed by atoms with van der Waals surface area (Å²) in [6, 6.07) is 5.54. The molecule has 1 atom stereocenters. The van der Waals surface area contributed by atoms with Gasteiger partial charge in [0.1, 0.15) is 0 Å². The van der Waals surface area contributed by atoms with Gasteiger partial charge in [0.25, 0.3) is 0 Å². The summed E-state index contributed by atoms with van der Waals surface area (Å²) < 4.78 is 26.9. The Morgan fingerprint density at radius 1 is 1.41 bits per heavy atom. The molecule has 6 heteroatoms. The van der Waals surface area contributed by atoms with E-state index in [4.69, 9.17) is 11.5 Å². The van der Waals surface area contributed by atoms with E-state index in [0.29, 0.717) is 0 Å². The number of sulfonamides is 1. The molecule has 0 saturated heterocycles. The third-order valence-corrected chi connectivity index (χ3v) is 4.10. The van der Waals surface area contributed by atoms with Crippen LogP contribution in [0.1, 0.15) is 6.42 Å². The molecule has 1 unspecified atom stereocenters. The molecule has 17 heavy (non-hydrogen) atoms. The van der Waals surface area contributed by atoms with Gasteiger partial charge < -0.3 is 5.11 Å². The van der Waals surface area contributed by atoms with E-state index in [9.17, 15) is 8.42 Å². The summed E-state index contributed by atoms with van der Waals surface area (Å²) in [5.74, 6) is 2.31. The number of aliphatic hydroxyl groups excluding tert-OH is 1. The van der Waals surface area contributed by atoms with Crippen LogP contribution in [0.25, 0.3) is 0 Å². The summed E-state index contributed by atoms with van der Waals surface area (Å²) in [4.78, 5) is 0.135. The van der Waals surface area contributed by atoms with Crippen molar-refractivity contribution in [3.8, 4) is 12.3 Å². The number of aliphatic hydroxyl groups is 1. The van der Waals surface area contributed by atoms with Gasteiger partial charge in [0.15, 0.2) is 0 Å². The van der Waals surface area contributed by atoms with Gasteiger partial charge in [0, 0.05) is 10.9 Å². The molecular formula is C11H12BrNO3S. The Kier molecular flexibility index (Phi) is 5.15. The predicted molar refractivity (Wildman–Crippen MR) is 68.8 cm³/mol. The van der Waals surface area contributed by atoms with E-state index >= 15 is 0 Å². The fourth-order valence-electron chi connectivity index (χ4n) is 1.19. The zero-order valence-corrected chi connectivity index (χ0v) is 11.3. The van der Waals surface area contributed by atoms with Crippen LogP contribution in [0.3, 0.4) is 0 Å². The highest BCUT2D eigenvalue weighted by Crippen LogP contribution is 2.15. The van der Waals surface area contributed by atoms with Gasteiger partial charge in [-0.3, -0.25) is 0 Å². The van der Waals surface area contributed by atoms with Gasteiger partial charge in [-0.1, -0.05) is 15.9 Å². The van der Waals surface area contributed by atoms with Gasteiger partial charge in [0.05, 0.1) is 17.5 Å². The molecule has 1 aromatic carbocycles. The van der Waals surface area contributed by atoms with Crippen molar-refractivity contribution in [3.63, 3.8) is 0 Å². The number of benzene rings is 1. The average Bonchev–Trinajstić information content (AvgIpc) is 2.28. The summed E-state index contributed by atoms with van der Waals surface area (Å²) in [5, 5.41) is 8.98. The molecule has 0 saturated carbocycles. The smallest absolute Gasteiger partial charge is 0.240 e. The molecule has 0 heterocycles. The zero-order chi connectivity index (χ0) is 12.9. The third-order valence-electron chi connectivity index (χ3n) is 2.03. The van der Waals surface area contributed by atoms with Crippen molar-refractivity contribution in [1.29, 1.82) is 0 Å². The van der Waals surface area contributed by atoms with Crippen LogP contribution >= 0.6 is 15.9 Å². The molecule has 1 aromatic rings. The summed E-state index contributed by atoms with van der Waals surface area (Å²) in [6.45, 7) is -0.333. The third kappa shape index (κ3) is 4.13. The van der Waals surface area contributed by atoms with Crippen molar-refractivity contribution in [2.24, 2.45) is 0 Å². The van der Waals surface area contributed by atoms with E-state index in [1.165, 1.54) is 12.1 Å². The molecule has 92 valence electrons. The van der Waals surface area contributed by atoms with Crippen LogP contribution in [0.4, 0.5) is 0 Å². The Morgan fingerprint density at radius 3 is 2.47 bits per heavy atom. The van der Waals surface area contributed by atoms with Crippen molar-refractivity contribution in [1.82, 2.24) is 4.72 Å². The molecule has 4 nitrogen and oxygen atoms in total. The van der Waals surface area contributed by atoms with Gasteiger partial charge in [-0.05, 0) is 24.3 Å². The highest BCUT2D eigenvalue weighted by Gasteiger charge is 2.18. The standard InChI is InChI=1S/C11H12BrNO3S/c1-2-3-10(8-14)13-17(15,16)11-6-4-9(12)5-7-11/h1,4-7,10,13-14H,3,8H2. The fourth-order valence-corrected chi connectivity index (χ4v) is 2.68. The summed E-state index contributed by atoms with van der Waals surface area (Å²) in [7, 11) is -3.64. The van der Waals surface area contributed by atoms with E-state index in [-0.39, 0.29) is 17.9 Å². The molecule has 0 spiro atoms. The highest BCUT2D eigenvalue weighted by molar-refractivity contribution is 9.10. The number of halogens is 1. The molecule has 0 aliphatic rings. The van der Waals surface area contributed by atoms with Crippen molar-refractivity contribution < 1.29 is 13.5 Å². The predicted octanol–water partition coefficient (Wildman–Crippen LogP) is 1.11. The maximum Gasteiger partial charge on any atom is 0.240 e. The number of terminal acetylenes is 1. The van der Waals surface area contributed by atoms with Crippen LogP contribution in [0, 0.1) is 12.3 Å². The Bertz CT molecular complexity index is 505. The maximum atomic E-state index is 11.9. The van der Waals surface area contributed by atoms with Crippen LogP contribution < -0.4 is 4.72 Å². The average molecular weight is 318 g/mol. The minimum absolute atomic E-state index is 0.135. The molecule has 0 aromatic heterocycles. The monoisotopic (exact) mass is 317 g/mol. The first kappa shape index (κ1) is 14.2. The molecule has 1 rings (SSSR count). The van der Waals surface area contributed by atoms with Crippen molar-refractivity contribution in [2.75, 3.05) is 6.61 Å². The van der Waals surface area contributed by atoms with Crippen LogP contribution in [0.2, 0.25) is 0 Å². The Balaban J connectivity index is 2.89. The molecule has 0 aliphatic carbocycles. The van der Waals surface area contributed by atoms with Crippen LogP contribution in [-0.2, 0) is 10.0 Å². The number of nitrogens with one attached hydrogen (secondary N) is 1. The van der Waals surface area contributed by atoms with Gasteiger partial charge >= 0.3 is 0 Å². The van der Waals surface area contributed by atoms with E-state index in [1.54, 1.807) is 12.1 Å². The second-order valence-electron chi connectivity index (χ2n) is 3.36. The molecule has 0 radical (unpaired) electrons. The number of hydrogen-bond donors (Lipinski definition) is 2. The van der Waals surface area contributed by atoms with Crippen LogP contribution in [-0.4, -0.2) is 26.2 Å². The van der Waals surface area contributed by atoms with Gasteiger partial charge in [-0.25, -0.2) is 13.1 Å². The van der Waals surface area contributed by atoms with E-state index in [0.717, 1.165) is 4.47 Å². The van der Waals surface area contributed by atoms with E-state index in [1.807, 2.05) is 0 Å². The Labute approximate surface area is 109 Å². The lowest BCUT2D eigenvalue weighted by Gasteiger charge is -2.13. The Morgan fingerprint density at radius 2 is 2.00 bits per heavy atom. The first-order valence-electron chi connectivity index (χ1n) is 4.82. The molecule has 0 aliphatic heterocycles. The van der Waals surface area contributed by atoms with Crippen LogP contribution in [0.5, 0.6) is 0 Å². The van der Waals surface area contributed by atoms with Gasteiger partial charge in [-0.15, -0.1) is 12.3 Å². The summed E-state index contributed by atoms with van der Waals surface area (Å²) >= 11 is 3.22. The second-order valence-corrected chi connectivity index (χ2v) is 5.99. The maximum absolute atomic E-state index is 11.9. The summed E-state index contributed by atoms with van der Waals surface area (Å²) in [5.41, 5.74) is 0. The lowest BCUT2D eigenvalue weighted by molar-refractivity contribution is 0.258. The van der Waals surface area contributed by atoms with Gasteiger partial charge in [-0.2, -0.15) is 0 Å². The topological polar surface area (TPSA) is 66.4 Å². The minimum Gasteiger partial charge on any atom is -0.395 e. The minimum atomic E-state index is -3.64. The second kappa shape index (κ2) is 6.17. The number of hydrogen-bond acceptors (Lipinski definition) is 3. The first-order valence-corrected chi connectivity index (χ1v) is 7.09. The van der Waals surface area contributed by atoms with Crippen molar-refractivity contribution in [2.45, 2.75) is 17.4 Å². The molecule has 0 bridgehead atoms. The van der Waals surface area contributed by atoms with E-state index < -0.39 is 16.1 Å². The molecule has 0 fully saturated rings. The van der Waals surface area contributed by atoms with E-state index in [2.05, 4.69) is 26.6 Å². The zero-order valence-electron chi connectivity index (χ0n) is 8.93. The fraction of sp³-hybridized carbons (Fsp3) is 0.273. The SMILES string of the molecule is C#CCC(CO)NS(=O)(=O)c1ccc(Br)cc1. The first-order chi connectivity index (χ1) is 7.99. The quantitative estimate of drug-likeness (QED) is 0.800. The van der Waals surface area contributed by atoms with Gasteiger partial charge in [0.2, 0.25) is 10.0 Å². The lowest BCUT2D eigenvalue weighted by atomic mass is 10.2. The van der Waals surface area contributed by atoms with Crippen molar-refractivity contribution >= 4 is 26.0 Å². The highest BCUT2D eigenvalue weighted by atomic mass is 79.9. The Hall–Kier alpha value is -0.870.